The molecule has 20 heavy (non-hydrogen) atoms. The van der Waals surface area contributed by atoms with Crippen LogP contribution in [0.5, 0.6) is 0 Å². The van der Waals surface area contributed by atoms with Gasteiger partial charge in [-0.05, 0) is 18.2 Å². The molecular weight excluding hydrogens is 274 g/mol. The molecule has 1 aromatic carbocycles. The molecule has 0 unspecified atom stereocenters. The van der Waals surface area contributed by atoms with Gasteiger partial charge >= 0.3 is 0 Å². The van der Waals surface area contributed by atoms with Crippen molar-refractivity contribution in [2.75, 3.05) is 0 Å². The molecule has 0 saturated carbocycles. The van der Waals surface area contributed by atoms with Crippen molar-refractivity contribution in [2.24, 2.45) is 0 Å². The largest absolute Gasteiger partial charge is 0.268 e. The standard InChI is InChI=1S/C13H9N5OS/c19-12-9-4-1-2-5-10(9)20-18(12)8-11-15-13-14-6-3-7-17(13)16-11/h1-7H,8H2. The Labute approximate surface area is 117 Å². The second kappa shape index (κ2) is 4.24. The number of fused-ring (bicyclic) bond motifs is 2. The maximum Gasteiger partial charge on any atom is 0.268 e. The Morgan fingerprint density at radius 1 is 1.20 bits per heavy atom. The van der Waals surface area contributed by atoms with Crippen molar-refractivity contribution in [1.29, 1.82) is 0 Å². The van der Waals surface area contributed by atoms with Gasteiger partial charge in [-0.3, -0.25) is 8.75 Å². The molecular formula is C13H9N5OS. The summed E-state index contributed by atoms with van der Waals surface area (Å²) in [5.74, 6) is 1.12. The summed E-state index contributed by atoms with van der Waals surface area (Å²) in [4.78, 5) is 20.7. The van der Waals surface area contributed by atoms with E-state index in [1.807, 2.05) is 24.3 Å². The molecule has 98 valence electrons. The summed E-state index contributed by atoms with van der Waals surface area (Å²) in [5, 5.41) is 5.04. The number of hydrogen-bond donors (Lipinski definition) is 0. The molecule has 4 aromatic rings. The topological polar surface area (TPSA) is 65.1 Å². The van der Waals surface area contributed by atoms with Crippen molar-refractivity contribution >= 4 is 27.4 Å². The van der Waals surface area contributed by atoms with E-state index in [-0.39, 0.29) is 5.56 Å². The van der Waals surface area contributed by atoms with Gasteiger partial charge in [0, 0.05) is 12.4 Å². The number of hydrogen-bond acceptors (Lipinski definition) is 5. The van der Waals surface area contributed by atoms with Gasteiger partial charge in [-0.1, -0.05) is 23.7 Å². The van der Waals surface area contributed by atoms with E-state index in [9.17, 15) is 4.79 Å². The van der Waals surface area contributed by atoms with Gasteiger partial charge in [0.2, 0.25) is 0 Å². The van der Waals surface area contributed by atoms with Crippen LogP contribution in [0.25, 0.3) is 15.9 Å². The molecule has 0 N–H and O–H groups in total. The van der Waals surface area contributed by atoms with E-state index >= 15 is 0 Å². The molecule has 6 nitrogen and oxygen atoms in total. The first kappa shape index (κ1) is 11.3. The Kier molecular flexibility index (Phi) is 2.40. The average Bonchev–Trinajstić information content (AvgIpc) is 3.01. The molecule has 0 fully saturated rings. The van der Waals surface area contributed by atoms with Crippen LogP contribution in [-0.4, -0.2) is 23.5 Å². The Balaban J connectivity index is 1.80. The zero-order chi connectivity index (χ0) is 13.5. The SMILES string of the molecule is O=c1c2ccccc2sn1Cc1nc2ncccn2n1. The summed E-state index contributed by atoms with van der Waals surface area (Å²) in [6.45, 7) is 0.363. The summed E-state index contributed by atoms with van der Waals surface area (Å²) in [6, 6.07) is 9.36. The van der Waals surface area contributed by atoms with Gasteiger partial charge in [0.05, 0.1) is 16.6 Å². The number of benzene rings is 1. The molecule has 0 atom stereocenters. The number of rotatable bonds is 2. The van der Waals surface area contributed by atoms with Crippen molar-refractivity contribution in [3.63, 3.8) is 0 Å². The molecule has 3 heterocycles. The minimum atomic E-state index is -0.00239. The second-order valence-corrected chi connectivity index (χ2v) is 5.38. The minimum absolute atomic E-state index is 0.00239. The summed E-state index contributed by atoms with van der Waals surface area (Å²) < 4.78 is 4.24. The summed E-state index contributed by atoms with van der Waals surface area (Å²) >= 11 is 1.42. The Bertz CT molecular complexity index is 934. The minimum Gasteiger partial charge on any atom is -0.268 e. The molecule has 0 aliphatic heterocycles. The lowest BCUT2D eigenvalue weighted by atomic mass is 10.3. The zero-order valence-electron chi connectivity index (χ0n) is 10.3. The summed E-state index contributed by atoms with van der Waals surface area (Å²) in [7, 11) is 0. The molecule has 7 heteroatoms. The van der Waals surface area contributed by atoms with E-state index in [2.05, 4.69) is 15.1 Å². The van der Waals surface area contributed by atoms with E-state index in [4.69, 9.17) is 0 Å². The van der Waals surface area contributed by atoms with Crippen LogP contribution >= 0.6 is 11.5 Å². The lowest BCUT2D eigenvalue weighted by Crippen LogP contribution is -2.14. The third-order valence-corrected chi connectivity index (χ3v) is 4.07. The monoisotopic (exact) mass is 283 g/mol. The maximum absolute atomic E-state index is 12.2. The first-order chi connectivity index (χ1) is 9.81. The highest BCUT2D eigenvalue weighted by Crippen LogP contribution is 2.16. The van der Waals surface area contributed by atoms with E-state index in [1.54, 1.807) is 26.9 Å². The third-order valence-electron chi connectivity index (χ3n) is 3.00. The van der Waals surface area contributed by atoms with E-state index in [1.165, 1.54) is 11.5 Å². The van der Waals surface area contributed by atoms with E-state index in [0.29, 0.717) is 18.1 Å². The first-order valence-corrected chi connectivity index (χ1v) is 6.84. The molecule has 0 aliphatic carbocycles. The van der Waals surface area contributed by atoms with E-state index in [0.717, 1.165) is 10.1 Å². The molecule has 3 aromatic heterocycles. The smallest absolute Gasteiger partial charge is 0.268 e. The predicted molar refractivity (Wildman–Crippen MR) is 76.0 cm³/mol. The van der Waals surface area contributed by atoms with Gasteiger partial charge in [-0.25, -0.2) is 9.50 Å². The van der Waals surface area contributed by atoms with Crippen molar-refractivity contribution in [3.05, 3.63) is 58.9 Å². The Hall–Kier alpha value is -2.54. The second-order valence-electron chi connectivity index (χ2n) is 4.32. The fraction of sp³-hybridized carbons (Fsp3) is 0.0769. The van der Waals surface area contributed by atoms with Crippen LogP contribution < -0.4 is 5.56 Å². The van der Waals surface area contributed by atoms with Crippen LogP contribution in [0, 0.1) is 0 Å². The van der Waals surface area contributed by atoms with Crippen LogP contribution in [-0.2, 0) is 6.54 Å². The normalized spacial score (nSPS) is 11.4. The van der Waals surface area contributed by atoms with Gasteiger partial charge < -0.3 is 0 Å². The number of nitrogens with zero attached hydrogens (tertiary/aromatic N) is 5. The summed E-state index contributed by atoms with van der Waals surface area (Å²) in [5.41, 5.74) is -0.00239. The highest BCUT2D eigenvalue weighted by molar-refractivity contribution is 7.13. The van der Waals surface area contributed by atoms with Gasteiger partial charge in [0.15, 0.2) is 5.82 Å². The molecule has 4 rings (SSSR count). The van der Waals surface area contributed by atoms with Crippen molar-refractivity contribution in [2.45, 2.75) is 6.54 Å². The highest BCUT2D eigenvalue weighted by atomic mass is 32.1. The molecule has 0 spiro atoms. The van der Waals surface area contributed by atoms with Crippen molar-refractivity contribution < 1.29 is 0 Å². The fourth-order valence-corrected chi connectivity index (χ4v) is 3.08. The lowest BCUT2D eigenvalue weighted by Gasteiger charge is -1.93. The van der Waals surface area contributed by atoms with Gasteiger partial charge in [-0.15, -0.1) is 5.10 Å². The molecule has 0 aliphatic rings. The van der Waals surface area contributed by atoms with Crippen LogP contribution in [0.3, 0.4) is 0 Å². The first-order valence-electron chi connectivity index (χ1n) is 6.06. The van der Waals surface area contributed by atoms with Crippen LogP contribution in [0.2, 0.25) is 0 Å². The Morgan fingerprint density at radius 2 is 2.10 bits per heavy atom. The van der Waals surface area contributed by atoms with Gasteiger partial charge in [0.1, 0.15) is 0 Å². The predicted octanol–water partition coefficient (Wildman–Crippen LogP) is 1.55. The molecule has 0 saturated heterocycles. The van der Waals surface area contributed by atoms with Crippen LogP contribution in [0.4, 0.5) is 0 Å². The van der Waals surface area contributed by atoms with Crippen molar-refractivity contribution in [1.82, 2.24) is 23.5 Å². The van der Waals surface area contributed by atoms with Crippen LogP contribution in [0.15, 0.2) is 47.5 Å². The van der Waals surface area contributed by atoms with Gasteiger partial charge in [0.25, 0.3) is 11.3 Å². The maximum atomic E-state index is 12.2. The molecule has 0 bridgehead atoms. The summed E-state index contributed by atoms with van der Waals surface area (Å²) in [6.07, 6.45) is 3.45. The quantitative estimate of drug-likeness (QED) is 0.560. The molecule has 0 radical (unpaired) electrons. The van der Waals surface area contributed by atoms with Crippen molar-refractivity contribution in [3.8, 4) is 0 Å². The zero-order valence-corrected chi connectivity index (χ0v) is 11.1. The number of aromatic nitrogens is 5. The fourth-order valence-electron chi connectivity index (χ4n) is 2.09. The highest BCUT2D eigenvalue weighted by Gasteiger charge is 2.10. The average molecular weight is 283 g/mol. The third kappa shape index (κ3) is 1.71. The lowest BCUT2D eigenvalue weighted by molar-refractivity contribution is 0.776. The van der Waals surface area contributed by atoms with Crippen LogP contribution in [0.1, 0.15) is 5.82 Å². The Morgan fingerprint density at radius 3 is 2.95 bits per heavy atom. The van der Waals surface area contributed by atoms with E-state index < -0.39 is 0 Å². The van der Waals surface area contributed by atoms with Gasteiger partial charge in [-0.2, -0.15) is 4.98 Å². The molecule has 0 amide bonds.